The van der Waals surface area contributed by atoms with Crippen LogP contribution in [0.3, 0.4) is 0 Å². The zero-order chi connectivity index (χ0) is 19.0. The van der Waals surface area contributed by atoms with Gasteiger partial charge in [0.2, 0.25) is 0 Å². The number of halogens is 2. The van der Waals surface area contributed by atoms with Crippen molar-refractivity contribution in [1.29, 1.82) is 0 Å². The molecule has 1 fully saturated rings. The van der Waals surface area contributed by atoms with Crippen molar-refractivity contribution in [3.05, 3.63) is 29.6 Å². The van der Waals surface area contributed by atoms with E-state index in [1.165, 1.54) is 13.2 Å². The predicted molar refractivity (Wildman–Crippen MR) is 122 cm³/mol. The first-order chi connectivity index (χ1) is 12.5. The summed E-state index contributed by atoms with van der Waals surface area (Å²) in [7, 11) is 3.21. The van der Waals surface area contributed by atoms with E-state index in [4.69, 9.17) is 9.47 Å². The topological polar surface area (TPSA) is 54.9 Å². The Morgan fingerprint density at radius 2 is 2.11 bits per heavy atom. The molecular formula is C19H31FIN3O2S. The van der Waals surface area contributed by atoms with Crippen molar-refractivity contribution in [3.8, 4) is 5.75 Å². The van der Waals surface area contributed by atoms with Crippen LogP contribution in [0.1, 0.15) is 38.3 Å². The molecule has 0 amide bonds. The van der Waals surface area contributed by atoms with Crippen LogP contribution in [0.15, 0.2) is 23.2 Å². The molecule has 154 valence electrons. The lowest BCUT2D eigenvalue weighted by Crippen LogP contribution is -2.48. The fourth-order valence-electron chi connectivity index (χ4n) is 3.10. The summed E-state index contributed by atoms with van der Waals surface area (Å²) in [6.45, 7) is 6.62. The number of ether oxygens (including phenoxy) is 2. The van der Waals surface area contributed by atoms with Crippen LogP contribution in [-0.4, -0.2) is 50.4 Å². The van der Waals surface area contributed by atoms with Gasteiger partial charge < -0.3 is 20.1 Å². The molecule has 1 atom stereocenters. The van der Waals surface area contributed by atoms with E-state index >= 15 is 0 Å². The van der Waals surface area contributed by atoms with Gasteiger partial charge in [-0.2, -0.15) is 11.8 Å². The zero-order valence-corrected chi connectivity index (χ0v) is 19.7. The number of thioether (sulfide) groups is 1. The molecule has 1 aliphatic heterocycles. The van der Waals surface area contributed by atoms with Crippen LogP contribution < -0.4 is 15.4 Å². The van der Waals surface area contributed by atoms with Gasteiger partial charge in [-0.3, -0.25) is 4.99 Å². The lowest BCUT2D eigenvalue weighted by atomic mass is 9.99. The standard InChI is InChI=1S/C19H30FN3O2S.HI/c1-5-26-19(8-10-25-11-9-19)13-22-18(21-3)23-14(2)15-6-7-17(24-4)16(20)12-15;/h6-7,12,14H,5,8-11,13H2,1-4H3,(H2,21,22,23);1H. The Hall–Kier alpha value is -0.740. The molecule has 0 spiro atoms. The summed E-state index contributed by atoms with van der Waals surface area (Å²) in [6, 6.07) is 4.93. The minimum absolute atomic E-state index is 0. The van der Waals surface area contributed by atoms with Gasteiger partial charge >= 0.3 is 0 Å². The number of methoxy groups -OCH3 is 1. The lowest BCUT2D eigenvalue weighted by Gasteiger charge is -2.37. The van der Waals surface area contributed by atoms with E-state index in [2.05, 4.69) is 22.5 Å². The van der Waals surface area contributed by atoms with Gasteiger partial charge in [-0.15, -0.1) is 24.0 Å². The molecule has 5 nitrogen and oxygen atoms in total. The molecule has 0 aliphatic carbocycles. The van der Waals surface area contributed by atoms with Crippen LogP contribution in [0.2, 0.25) is 0 Å². The number of aliphatic imine (C=N–C) groups is 1. The minimum Gasteiger partial charge on any atom is -0.494 e. The van der Waals surface area contributed by atoms with E-state index in [-0.39, 0.29) is 46.3 Å². The average Bonchev–Trinajstić information content (AvgIpc) is 2.66. The highest BCUT2D eigenvalue weighted by atomic mass is 127. The first-order valence-corrected chi connectivity index (χ1v) is 10.0. The van der Waals surface area contributed by atoms with Gasteiger partial charge in [0.25, 0.3) is 0 Å². The molecule has 8 heteroatoms. The Morgan fingerprint density at radius 1 is 1.41 bits per heavy atom. The number of nitrogens with zero attached hydrogens (tertiary/aromatic N) is 1. The van der Waals surface area contributed by atoms with Gasteiger partial charge in [-0.25, -0.2) is 4.39 Å². The first kappa shape index (κ1) is 24.3. The Bertz CT molecular complexity index is 607. The predicted octanol–water partition coefficient (Wildman–Crippen LogP) is 3.98. The molecule has 1 aliphatic rings. The van der Waals surface area contributed by atoms with Gasteiger partial charge in [0.15, 0.2) is 17.5 Å². The number of hydrogen-bond donors (Lipinski definition) is 2. The summed E-state index contributed by atoms with van der Waals surface area (Å²) < 4.78 is 24.6. The van der Waals surface area contributed by atoms with Gasteiger partial charge in [0, 0.05) is 31.6 Å². The van der Waals surface area contributed by atoms with Gasteiger partial charge in [0.05, 0.1) is 13.2 Å². The maximum atomic E-state index is 13.9. The highest BCUT2D eigenvalue weighted by Crippen LogP contribution is 2.34. The first-order valence-electron chi connectivity index (χ1n) is 9.06. The van der Waals surface area contributed by atoms with Crippen LogP contribution in [0.4, 0.5) is 4.39 Å². The average molecular weight is 511 g/mol. The highest BCUT2D eigenvalue weighted by Gasteiger charge is 2.32. The summed E-state index contributed by atoms with van der Waals surface area (Å²) in [6.07, 6.45) is 2.07. The zero-order valence-electron chi connectivity index (χ0n) is 16.5. The third-order valence-corrected chi connectivity index (χ3v) is 6.14. The minimum atomic E-state index is -0.359. The number of benzene rings is 1. The van der Waals surface area contributed by atoms with Crippen molar-refractivity contribution in [1.82, 2.24) is 10.6 Å². The van der Waals surface area contributed by atoms with Crippen molar-refractivity contribution >= 4 is 41.7 Å². The molecule has 1 unspecified atom stereocenters. The fraction of sp³-hybridized carbons (Fsp3) is 0.632. The van der Waals surface area contributed by atoms with Gasteiger partial charge in [0.1, 0.15) is 0 Å². The second kappa shape index (κ2) is 12.0. The smallest absolute Gasteiger partial charge is 0.191 e. The Labute approximate surface area is 183 Å². The summed E-state index contributed by atoms with van der Waals surface area (Å²) in [4.78, 5) is 4.32. The van der Waals surface area contributed by atoms with Crippen molar-refractivity contribution < 1.29 is 13.9 Å². The number of hydrogen-bond acceptors (Lipinski definition) is 4. The maximum absolute atomic E-state index is 13.9. The maximum Gasteiger partial charge on any atom is 0.191 e. The second-order valence-corrected chi connectivity index (χ2v) is 8.15. The molecule has 1 aromatic carbocycles. The van der Waals surface area contributed by atoms with Crippen LogP contribution >= 0.6 is 35.7 Å². The highest BCUT2D eigenvalue weighted by molar-refractivity contribution is 14.0. The van der Waals surface area contributed by atoms with Crippen LogP contribution in [0.25, 0.3) is 0 Å². The summed E-state index contributed by atoms with van der Waals surface area (Å²) in [5.74, 6) is 1.69. The Kier molecular flexibility index (Phi) is 10.8. The number of nitrogens with one attached hydrogen (secondary N) is 2. The summed E-state index contributed by atoms with van der Waals surface area (Å²) in [5.41, 5.74) is 0.843. The number of guanidine groups is 1. The Morgan fingerprint density at radius 3 is 2.67 bits per heavy atom. The van der Waals surface area contributed by atoms with Crippen LogP contribution in [-0.2, 0) is 4.74 Å². The molecule has 2 N–H and O–H groups in total. The van der Waals surface area contributed by atoms with Gasteiger partial charge in [-0.05, 0) is 43.2 Å². The van der Waals surface area contributed by atoms with Crippen molar-refractivity contribution in [2.24, 2.45) is 4.99 Å². The molecule has 1 saturated heterocycles. The molecule has 0 bridgehead atoms. The molecule has 0 saturated carbocycles. The lowest BCUT2D eigenvalue weighted by molar-refractivity contribution is 0.0782. The summed E-state index contributed by atoms with van der Waals surface area (Å²) in [5, 5.41) is 6.78. The third-order valence-electron chi connectivity index (χ3n) is 4.69. The molecule has 0 radical (unpaired) electrons. The van der Waals surface area contributed by atoms with Crippen molar-refractivity contribution in [3.63, 3.8) is 0 Å². The normalized spacial score (nSPS) is 17.6. The van der Waals surface area contributed by atoms with E-state index in [1.54, 1.807) is 13.1 Å². The number of rotatable bonds is 7. The van der Waals surface area contributed by atoms with E-state index < -0.39 is 0 Å². The molecule has 1 heterocycles. The molecular weight excluding hydrogens is 480 g/mol. The van der Waals surface area contributed by atoms with E-state index in [0.717, 1.165) is 49.9 Å². The largest absolute Gasteiger partial charge is 0.494 e. The monoisotopic (exact) mass is 511 g/mol. The fourth-order valence-corrected chi connectivity index (χ4v) is 4.34. The Balaban J connectivity index is 0.00000364. The summed E-state index contributed by atoms with van der Waals surface area (Å²) >= 11 is 1.98. The molecule has 2 rings (SSSR count). The van der Waals surface area contributed by atoms with Crippen molar-refractivity contribution in [2.75, 3.05) is 39.7 Å². The molecule has 27 heavy (non-hydrogen) atoms. The van der Waals surface area contributed by atoms with Crippen LogP contribution in [0, 0.1) is 5.82 Å². The van der Waals surface area contributed by atoms with Gasteiger partial charge in [-0.1, -0.05) is 13.0 Å². The quantitative estimate of drug-likeness (QED) is 0.330. The van der Waals surface area contributed by atoms with E-state index in [0.29, 0.717) is 0 Å². The SMILES string of the molecule is CCSC1(CNC(=NC)NC(C)c2ccc(OC)c(F)c2)CCOCC1.I. The molecule has 0 aromatic heterocycles. The molecule has 1 aromatic rings. The third kappa shape index (κ3) is 6.98. The van der Waals surface area contributed by atoms with E-state index in [1.807, 2.05) is 24.8 Å². The van der Waals surface area contributed by atoms with E-state index in [9.17, 15) is 4.39 Å². The van der Waals surface area contributed by atoms with Crippen LogP contribution in [0.5, 0.6) is 5.75 Å². The van der Waals surface area contributed by atoms with Crippen molar-refractivity contribution in [2.45, 2.75) is 37.5 Å². The second-order valence-electron chi connectivity index (χ2n) is 6.41.